The molecule has 1 aromatic heterocycles. The number of aromatic nitrogens is 2. The number of nitrogens with one attached hydrogen (secondary N) is 1. The summed E-state index contributed by atoms with van der Waals surface area (Å²) in [4.78, 5) is 8.87. The summed E-state index contributed by atoms with van der Waals surface area (Å²) in [5.74, 6) is 0.803. The minimum absolute atomic E-state index is 0.186. The lowest BCUT2D eigenvalue weighted by Gasteiger charge is -2.16. The normalized spacial score (nSPS) is 14.5. The molecule has 2 atom stereocenters. The predicted molar refractivity (Wildman–Crippen MR) is 70.9 cm³/mol. The molecule has 0 radical (unpaired) electrons. The molecule has 0 fully saturated rings. The highest BCUT2D eigenvalue weighted by molar-refractivity contribution is 5.75. The van der Waals surface area contributed by atoms with E-state index in [9.17, 15) is 0 Å². The highest BCUT2D eigenvalue weighted by atomic mass is 15.0. The highest BCUT2D eigenvalue weighted by Crippen LogP contribution is 2.12. The number of hydrogen-bond donors (Lipinski definition) is 2. The van der Waals surface area contributed by atoms with Gasteiger partial charge in [-0.05, 0) is 32.4 Å². The first-order valence-electron chi connectivity index (χ1n) is 5.89. The number of hydrogen-bond acceptors (Lipinski definition) is 4. The van der Waals surface area contributed by atoms with Gasteiger partial charge in [-0.3, -0.25) is 4.98 Å². The van der Waals surface area contributed by atoms with Gasteiger partial charge in [0.05, 0.1) is 17.2 Å². The molecule has 2 aromatic rings. The Labute approximate surface area is 101 Å². The fourth-order valence-corrected chi connectivity index (χ4v) is 1.90. The number of benzene rings is 1. The Hall–Kier alpha value is -1.68. The van der Waals surface area contributed by atoms with Crippen LogP contribution < -0.4 is 11.1 Å². The topological polar surface area (TPSA) is 63.8 Å². The van der Waals surface area contributed by atoms with Gasteiger partial charge in [0.15, 0.2) is 0 Å². The molecule has 17 heavy (non-hydrogen) atoms. The van der Waals surface area contributed by atoms with Crippen LogP contribution in [0.3, 0.4) is 0 Å². The molecule has 0 saturated carbocycles. The van der Waals surface area contributed by atoms with Gasteiger partial charge in [-0.2, -0.15) is 0 Å². The molecule has 0 aliphatic carbocycles. The molecule has 4 nitrogen and oxygen atoms in total. The average molecular weight is 230 g/mol. The van der Waals surface area contributed by atoms with Crippen LogP contribution >= 0.6 is 0 Å². The zero-order valence-electron chi connectivity index (χ0n) is 10.2. The van der Waals surface area contributed by atoms with Crippen LogP contribution in [0.15, 0.2) is 30.5 Å². The first-order chi connectivity index (χ1) is 8.15. The molecule has 4 heteroatoms. The standard InChI is InChI=1S/C13H18N4/c1-9(14)7-10(2)16-13-8-15-11-5-3-4-6-12(11)17-13/h3-6,8-10H,7,14H2,1-2H3,(H,16,17). The monoisotopic (exact) mass is 230 g/mol. The Bertz CT molecular complexity index is 495. The van der Waals surface area contributed by atoms with Crippen LogP contribution in [-0.2, 0) is 0 Å². The van der Waals surface area contributed by atoms with Gasteiger partial charge in [0, 0.05) is 12.1 Å². The summed E-state index contributed by atoms with van der Waals surface area (Å²) in [7, 11) is 0. The molecule has 3 N–H and O–H groups in total. The summed E-state index contributed by atoms with van der Waals surface area (Å²) in [5.41, 5.74) is 7.58. The number of anilines is 1. The van der Waals surface area contributed by atoms with Crippen molar-refractivity contribution in [2.45, 2.75) is 32.4 Å². The van der Waals surface area contributed by atoms with E-state index in [1.807, 2.05) is 31.2 Å². The SMILES string of the molecule is CC(N)CC(C)Nc1cnc2ccccc2n1. The summed E-state index contributed by atoms with van der Waals surface area (Å²) in [5, 5.41) is 3.31. The van der Waals surface area contributed by atoms with E-state index in [2.05, 4.69) is 22.2 Å². The van der Waals surface area contributed by atoms with E-state index in [-0.39, 0.29) is 6.04 Å². The van der Waals surface area contributed by atoms with Crippen LogP contribution in [0.4, 0.5) is 5.82 Å². The largest absolute Gasteiger partial charge is 0.366 e. The molecule has 2 rings (SSSR count). The predicted octanol–water partition coefficient (Wildman–Crippen LogP) is 2.17. The third-order valence-corrected chi connectivity index (χ3v) is 2.57. The maximum atomic E-state index is 5.76. The lowest BCUT2D eigenvalue weighted by Crippen LogP contribution is -2.26. The molecule has 0 saturated heterocycles. The summed E-state index contributed by atoms with van der Waals surface area (Å²) in [6, 6.07) is 8.33. The highest BCUT2D eigenvalue weighted by Gasteiger charge is 2.06. The van der Waals surface area contributed by atoms with E-state index in [0.29, 0.717) is 6.04 Å². The third-order valence-electron chi connectivity index (χ3n) is 2.57. The van der Waals surface area contributed by atoms with Crippen LogP contribution in [0.1, 0.15) is 20.3 Å². The quantitative estimate of drug-likeness (QED) is 0.845. The van der Waals surface area contributed by atoms with Gasteiger partial charge in [0.2, 0.25) is 0 Å². The second kappa shape index (κ2) is 5.10. The lowest BCUT2D eigenvalue weighted by atomic mass is 10.1. The van der Waals surface area contributed by atoms with Crippen molar-refractivity contribution in [2.75, 3.05) is 5.32 Å². The van der Waals surface area contributed by atoms with Crippen LogP contribution in [0, 0.1) is 0 Å². The number of fused-ring (bicyclic) bond motifs is 1. The van der Waals surface area contributed by atoms with Crippen LogP contribution in [0.2, 0.25) is 0 Å². The molecular weight excluding hydrogens is 212 g/mol. The van der Waals surface area contributed by atoms with Crippen molar-refractivity contribution < 1.29 is 0 Å². The second-order valence-corrected chi connectivity index (χ2v) is 4.50. The van der Waals surface area contributed by atoms with E-state index in [1.54, 1.807) is 6.20 Å². The third kappa shape index (κ3) is 3.14. The fourth-order valence-electron chi connectivity index (χ4n) is 1.90. The van der Waals surface area contributed by atoms with E-state index < -0.39 is 0 Å². The maximum Gasteiger partial charge on any atom is 0.145 e. The van der Waals surface area contributed by atoms with Gasteiger partial charge in [-0.15, -0.1) is 0 Å². The minimum Gasteiger partial charge on any atom is -0.366 e. The molecular formula is C13H18N4. The Morgan fingerprint density at radius 2 is 1.94 bits per heavy atom. The summed E-state index contributed by atoms with van der Waals surface area (Å²) in [6.07, 6.45) is 2.68. The Balaban J connectivity index is 2.14. The second-order valence-electron chi connectivity index (χ2n) is 4.50. The lowest BCUT2D eigenvalue weighted by molar-refractivity contribution is 0.603. The van der Waals surface area contributed by atoms with E-state index in [0.717, 1.165) is 23.3 Å². The first-order valence-corrected chi connectivity index (χ1v) is 5.89. The summed E-state index contributed by atoms with van der Waals surface area (Å²) in [6.45, 7) is 4.10. The molecule has 0 aliphatic heterocycles. The molecule has 0 bridgehead atoms. The Morgan fingerprint density at radius 1 is 1.24 bits per heavy atom. The zero-order chi connectivity index (χ0) is 12.3. The van der Waals surface area contributed by atoms with Crippen molar-refractivity contribution in [3.8, 4) is 0 Å². The van der Waals surface area contributed by atoms with Crippen molar-refractivity contribution in [2.24, 2.45) is 5.73 Å². The molecule has 90 valence electrons. The van der Waals surface area contributed by atoms with E-state index in [4.69, 9.17) is 5.73 Å². The van der Waals surface area contributed by atoms with Crippen molar-refractivity contribution in [1.29, 1.82) is 0 Å². The van der Waals surface area contributed by atoms with Crippen molar-refractivity contribution in [3.05, 3.63) is 30.5 Å². The molecule has 1 aromatic carbocycles. The van der Waals surface area contributed by atoms with Crippen molar-refractivity contribution >= 4 is 16.9 Å². The van der Waals surface area contributed by atoms with Gasteiger partial charge < -0.3 is 11.1 Å². The van der Waals surface area contributed by atoms with Crippen LogP contribution in [-0.4, -0.2) is 22.1 Å². The van der Waals surface area contributed by atoms with Gasteiger partial charge >= 0.3 is 0 Å². The molecule has 0 spiro atoms. The van der Waals surface area contributed by atoms with Crippen molar-refractivity contribution in [1.82, 2.24) is 9.97 Å². The number of para-hydroxylation sites is 2. The van der Waals surface area contributed by atoms with Gasteiger partial charge in [-0.25, -0.2) is 4.98 Å². The Morgan fingerprint density at radius 3 is 2.65 bits per heavy atom. The van der Waals surface area contributed by atoms with E-state index in [1.165, 1.54) is 0 Å². The van der Waals surface area contributed by atoms with Gasteiger partial charge in [0.25, 0.3) is 0 Å². The van der Waals surface area contributed by atoms with Crippen molar-refractivity contribution in [3.63, 3.8) is 0 Å². The summed E-state index contributed by atoms with van der Waals surface area (Å²) >= 11 is 0. The Kier molecular flexibility index (Phi) is 3.54. The first kappa shape index (κ1) is 11.8. The zero-order valence-corrected chi connectivity index (χ0v) is 10.2. The number of nitrogens with zero attached hydrogens (tertiary/aromatic N) is 2. The van der Waals surface area contributed by atoms with Crippen LogP contribution in [0.25, 0.3) is 11.0 Å². The molecule has 2 unspecified atom stereocenters. The van der Waals surface area contributed by atoms with Crippen LogP contribution in [0.5, 0.6) is 0 Å². The average Bonchev–Trinajstić information content (AvgIpc) is 2.27. The molecule has 1 heterocycles. The van der Waals surface area contributed by atoms with Gasteiger partial charge in [0.1, 0.15) is 5.82 Å². The molecule has 0 amide bonds. The maximum absolute atomic E-state index is 5.76. The van der Waals surface area contributed by atoms with Gasteiger partial charge in [-0.1, -0.05) is 12.1 Å². The molecule has 0 aliphatic rings. The number of rotatable bonds is 4. The number of nitrogens with two attached hydrogens (primary N) is 1. The minimum atomic E-state index is 0.186. The smallest absolute Gasteiger partial charge is 0.145 e. The van der Waals surface area contributed by atoms with E-state index >= 15 is 0 Å². The summed E-state index contributed by atoms with van der Waals surface area (Å²) < 4.78 is 0. The fraction of sp³-hybridized carbons (Fsp3) is 0.385.